The van der Waals surface area contributed by atoms with Crippen molar-refractivity contribution >= 4 is 39.1 Å². The molecule has 1 aliphatic heterocycles. The second kappa shape index (κ2) is 9.50. The Bertz CT molecular complexity index is 1150. The molecule has 10 heteroatoms. The van der Waals surface area contributed by atoms with Crippen LogP contribution in [0.3, 0.4) is 0 Å². The lowest BCUT2D eigenvalue weighted by atomic mass is 9.86. The summed E-state index contributed by atoms with van der Waals surface area (Å²) < 4.78 is 30.7. The zero-order valence-corrected chi connectivity index (χ0v) is 19.4. The Balaban J connectivity index is 2.02. The molecule has 0 aromatic heterocycles. The molecule has 0 spiro atoms. The summed E-state index contributed by atoms with van der Waals surface area (Å²) in [6.45, 7) is 0.316. The highest BCUT2D eigenvalue weighted by atomic mass is 35.5. The molecule has 1 amide bonds. The van der Waals surface area contributed by atoms with Crippen LogP contribution in [0.2, 0.25) is 5.02 Å². The number of Topliss-reactive ketones (excluding diaryl/α,β-unsaturated/α-hetero) is 2. The summed E-state index contributed by atoms with van der Waals surface area (Å²) in [5.41, 5.74) is 0.687. The number of likely N-dealkylation sites (tertiary alicyclic amines) is 1. The van der Waals surface area contributed by atoms with Gasteiger partial charge in [-0.15, -0.1) is 0 Å². The van der Waals surface area contributed by atoms with E-state index >= 15 is 0 Å². The lowest BCUT2D eigenvalue weighted by Gasteiger charge is -2.27. The number of halogens is 1. The number of carbonyl (C=O) groups is 3. The van der Waals surface area contributed by atoms with Crippen LogP contribution in [0.1, 0.15) is 22.0 Å². The van der Waals surface area contributed by atoms with Crippen molar-refractivity contribution < 1.29 is 27.5 Å². The van der Waals surface area contributed by atoms with Gasteiger partial charge in [0, 0.05) is 38.3 Å². The fourth-order valence-corrected chi connectivity index (χ4v) is 4.76. The van der Waals surface area contributed by atoms with E-state index in [1.54, 1.807) is 24.3 Å². The second-order valence-electron chi connectivity index (χ2n) is 7.51. The van der Waals surface area contributed by atoms with Crippen LogP contribution in [0.15, 0.2) is 53.4 Å². The average Bonchev–Trinajstić information content (AvgIpc) is 3.02. The topological polar surface area (TPSA) is 101 Å². The molecule has 0 N–H and O–H groups in total. The zero-order chi connectivity index (χ0) is 23.6. The third-order valence-electron chi connectivity index (χ3n) is 5.33. The summed E-state index contributed by atoms with van der Waals surface area (Å²) in [6.07, 6.45) is 0. The van der Waals surface area contributed by atoms with Crippen molar-refractivity contribution in [1.29, 1.82) is 0 Å². The third-order valence-corrected chi connectivity index (χ3v) is 7.40. The first-order valence-corrected chi connectivity index (χ1v) is 11.6. The maximum absolute atomic E-state index is 13.4. The summed E-state index contributed by atoms with van der Waals surface area (Å²) >= 11 is 6.12. The number of ketones is 2. The van der Waals surface area contributed by atoms with Crippen LogP contribution in [0.25, 0.3) is 0 Å². The van der Waals surface area contributed by atoms with Gasteiger partial charge in [-0.2, -0.15) is 0 Å². The number of sulfonamides is 1. The molecular weight excluding hydrogens is 456 g/mol. The molecule has 32 heavy (non-hydrogen) atoms. The first-order valence-electron chi connectivity index (χ1n) is 9.75. The Kier molecular flexibility index (Phi) is 7.14. The summed E-state index contributed by atoms with van der Waals surface area (Å²) in [7, 11) is 0.612. The molecule has 1 heterocycles. The van der Waals surface area contributed by atoms with Gasteiger partial charge in [-0.3, -0.25) is 14.4 Å². The van der Waals surface area contributed by atoms with E-state index in [0.717, 1.165) is 4.31 Å². The summed E-state index contributed by atoms with van der Waals surface area (Å²) in [4.78, 5) is 40.3. The van der Waals surface area contributed by atoms with Gasteiger partial charge in [-0.25, -0.2) is 12.7 Å². The number of nitrogens with zero attached hydrogens (tertiary/aromatic N) is 2. The van der Waals surface area contributed by atoms with Gasteiger partial charge in [0.2, 0.25) is 15.8 Å². The van der Waals surface area contributed by atoms with Crippen LogP contribution in [-0.2, 0) is 24.3 Å². The number of benzene rings is 2. The van der Waals surface area contributed by atoms with Crippen LogP contribution < -0.4 is 0 Å². The maximum atomic E-state index is 13.4. The summed E-state index contributed by atoms with van der Waals surface area (Å²) in [6, 6.07) is 11.1. The predicted octanol–water partition coefficient (Wildman–Crippen LogP) is 2.19. The smallest absolute Gasteiger partial charge is 0.291 e. The van der Waals surface area contributed by atoms with E-state index < -0.39 is 39.5 Å². The first kappa shape index (κ1) is 24.1. The molecule has 0 aliphatic carbocycles. The second-order valence-corrected chi connectivity index (χ2v) is 10.1. The monoisotopic (exact) mass is 478 g/mol. The first-order chi connectivity index (χ1) is 15.1. The number of methoxy groups -OCH3 is 1. The van der Waals surface area contributed by atoms with Crippen molar-refractivity contribution in [2.45, 2.75) is 10.9 Å². The molecule has 2 atom stereocenters. The summed E-state index contributed by atoms with van der Waals surface area (Å²) in [5.74, 6) is -3.44. The Morgan fingerprint density at radius 1 is 1.12 bits per heavy atom. The highest BCUT2D eigenvalue weighted by Gasteiger charge is 2.51. The molecule has 3 rings (SSSR count). The van der Waals surface area contributed by atoms with E-state index in [1.807, 2.05) is 0 Å². The number of carbonyl (C=O) groups excluding carboxylic acids is 3. The van der Waals surface area contributed by atoms with Gasteiger partial charge in [0.25, 0.3) is 5.91 Å². The van der Waals surface area contributed by atoms with Gasteiger partial charge >= 0.3 is 0 Å². The number of amides is 1. The molecule has 0 bridgehead atoms. The fourth-order valence-electron chi connectivity index (χ4n) is 3.66. The lowest BCUT2D eigenvalue weighted by Crippen LogP contribution is -2.33. The van der Waals surface area contributed by atoms with Gasteiger partial charge in [0.05, 0.1) is 17.5 Å². The quantitative estimate of drug-likeness (QED) is 0.327. The van der Waals surface area contributed by atoms with Crippen LogP contribution in [0.5, 0.6) is 0 Å². The molecule has 0 radical (unpaired) electrons. The number of hydrogen-bond donors (Lipinski definition) is 0. The number of ether oxygens (including phenoxy) is 1. The Hall–Kier alpha value is -2.59. The summed E-state index contributed by atoms with van der Waals surface area (Å²) in [5, 5.41) is 0.408. The van der Waals surface area contributed by atoms with Crippen molar-refractivity contribution in [3.05, 3.63) is 64.7 Å². The highest BCUT2D eigenvalue weighted by Crippen LogP contribution is 2.38. The minimum absolute atomic E-state index is 0.0148. The molecule has 1 aliphatic rings. The Labute approximate surface area is 191 Å². The molecule has 1 saturated heterocycles. The fraction of sp³-hybridized carbons (Fsp3) is 0.318. The molecule has 2 aromatic carbocycles. The predicted molar refractivity (Wildman–Crippen MR) is 118 cm³/mol. The van der Waals surface area contributed by atoms with Crippen LogP contribution in [0.4, 0.5) is 0 Å². The van der Waals surface area contributed by atoms with E-state index in [4.69, 9.17) is 16.3 Å². The minimum atomic E-state index is -3.67. The van der Waals surface area contributed by atoms with Crippen molar-refractivity contribution in [3.63, 3.8) is 0 Å². The molecule has 2 unspecified atom stereocenters. The van der Waals surface area contributed by atoms with Gasteiger partial charge in [0.1, 0.15) is 5.92 Å². The largest absolute Gasteiger partial charge is 0.383 e. The van der Waals surface area contributed by atoms with Gasteiger partial charge in [-0.1, -0.05) is 35.9 Å². The minimum Gasteiger partial charge on any atom is -0.383 e. The van der Waals surface area contributed by atoms with E-state index in [9.17, 15) is 22.8 Å². The molecule has 170 valence electrons. The SMILES string of the molecule is COCCN1C(=O)C(=O)C(C(=O)c2ccc(S(=O)(=O)N(C)C)cc2)C1c1cccc(Cl)c1. The highest BCUT2D eigenvalue weighted by molar-refractivity contribution is 7.89. The van der Waals surface area contributed by atoms with E-state index in [1.165, 1.54) is 50.4 Å². The molecule has 1 fully saturated rings. The molecule has 0 saturated carbocycles. The van der Waals surface area contributed by atoms with Crippen molar-refractivity contribution in [2.24, 2.45) is 5.92 Å². The third kappa shape index (κ3) is 4.47. The van der Waals surface area contributed by atoms with Gasteiger partial charge < -0.3 is 9.64 Å². The van der Waals surface area contributed by atoms with Crippen LogP contribution in [-0.4, -0.2) is 69.5 Å². The standard InChI is InChI=1S/C22H23ClN2O6S/c1-24(2)32(29,30)17-9-7-14(8-10-17)20(26)18-19(15-5-4-6-16(23)13-15)25(11-12-31-3)22(28)21(18)27/h4-10,13,18-19H,11-12H2,1-3H3. The normalized spacial score (nSPS) is 19.1. The number of rotatable bonds is 8. The van der Waals surface area contributed by atoms with E-state index in [0.29, 0.717) is 10.6 Å². The Morgan fingerprint density at radius 2 is 1.78 bits per heavy atom. The van der Waals surface area contributed by atoms with Crippen molar-refractivity contribution in [1.82, 2.24) is 9.21 Å². The molecule has 2 aromatic rings. The zero-order valence-electron chi connectivity index (χ0n) is 17.8. The van der Waals surface area contributed by atoms with Crippen LogP contribution in [0, 0.1) is 5.92 Å². The van der Waals surface area contributed by atoms with E-state index in [-0.39, 0.29) is 23.6 Å². The molecule has 8 nitrogen and oxygen atoms in total. The number of hydrogen-bond acceptors (Lipinski definition) is 6. The molecular formula is C22H23ClN2O6S. The van der Waals surface area contributed by atoms with Gasteiger partial charge in [-0.05, 0) is 29.8 Å². The van der Waals surface area contributed by atoms with Crippen LogP contribution >= 0.6 is 11.6 Å². The Morgan fingerprint density at radius 3 is 2.34 bits per heavy atom. The van der Waals surface area contributed by atoms with Crippen molar-refractivity contribution in [3.8, 4) is 0 Å². The van der Waals surface area contributed by atoms with Gasteiger partial charge in [0.15, 0.2) is 5.78 Å². The van der Waals surface area contributed by atoms with Crippen molar-refractivity contribution in [2.75, 3.05) is 34.4 Å². The van der Waals surface area contributed by atoms with E-state index in [2.05, 4.69) is 0 Å². The maximum Gasteiger partial charge on any atom is 0.291 e. The average molecular weight is 479 g/mol. The lowest BCUT2D eigenvalue weighted by molar-refractivity contribution is -0.141.